The lowest BCUT2D eigenvalue weighted by atomic mass is 9.81. The predicted octanol–water partition coefficient (Wildman–Crippen LogP) is 6.27. The van der Waals surface area contributed by atoms with Crippen molar-refractivity contribution in [3.8, 4) is 0 Å². The molecular formula is C22H22Cl4N2O2. The summed E-state index contributed by atoms with van der Waals surface area (Å²) in [5.74, 6) is 0.304. The van der Waals surface area contributed by atoms with Crippen LogP contribution in [0.1, 0.15) is 46.4 Å². The minimum Gasteiger partial charge on any atom is -0.352 e. The van der Waals surface area contributed by atoms with E-state index < -0.39 is 0 Å². The number of rotatable bonds is 6. The summed E-state index contributed by atoms with van der Waals surface area (Å²) in [5.41, 5.74) is 0.834. The SMILES string of the molecule is O=C(NCC1CCCC(CNC(=O)c2ccc(Cl)cc2Cl)C1)c1ccc(Cl)cc1Cl. The molecule has 2 aromatic rings. The second kappa shape index (κ2) is 10.7. The number of halogens is 4. The van der Waals surface area contributed by atoms with E-state index in [1.807, 2.05) is 0 Å². The highest BCUT2D eigenvalue weighted by Crippen LogP contribution is 2.29. The van der Waals surface area contributed by atoms with Gasteiger partial charge in [0.05, 0.1) is 21.2 Å². The zero-order chi connectivity index (χ0) is 21.7. The maximum absolute atomic E-state index is 12.4. The standard InChI is InChI=1S/C22H22Cl4N2O2/c23-15-4-6-17(19(25)9-15)21(29)27-11-13-2-1-3-14(8-13)12-28-22(30)18-7-5-16(24)10-20(18)26/h4-7,9-10,13-14H,1-3,8,11-12H2,(H,27,29)(H,28,30). The van der Waals surface area contributed by atoms with Crippen molar-refractivity contribution in [3.05, 3.63) is 67.6 Å². The van der Waals surface area contributed by atoms with E-state index in [0.717, 1.165) is 25.7 Å². The molecule has 1 aliphatic rings. The summed E-state index contributed by atoms with van der Waals surface area (Å²) < 4.78 is 0. The van der Waals surface area contributed by atoms with E-state index in [4.69, 9.17) is 46.4 Å². The molecule has 30 heavy (non-hydrogen) atoms. The first-order chi connectivity index (χ1) is 14.3. The van der Waals surface area contributed by atoms with Gasteiger partial charge in [0.25, 0.3) is 11.8 Å². The Morgan fingerprint density at radius 1 is 0.767 bits per heavy atom. The van der Waals surface area contributed by atoms with Crippen LogP contribution < -0.4 is 10.6 Å². The van der Waals surface area contributed by atoms with Crippen LogP contribution in [0.25, 0.3) is 0 Å². The Bertz CT molecular complexity index is 862. The Labute approximate surface area is 196 Å². The quantitative estimate of drug-likeness (QED) is 0.504. The van der Waals surface area contributed by atoms with Crippen LogP contribution >= 0.6 is 46.4 Å². The van der Waals surface area contributed by atoms with E-state index in [1.54, 1.807) is 36.4 Å². The number of benzene rings is 2. The molecule has 0 radical (unpaired) electrons. The molecule has 160 valence electrons. The molecule has 0 bridgehead atoms. The molecule has 0 aromatic heterocycles. The molecular weight excluding hydrogens is 466 g/mol. The number of hydrogen-bond donors (Lipinski definition) is 2. The zero-order valence-corrected chi connectivity index (χ0v) is 19.2. The van der Waals surface area contributed by atoms with Gasteiger partial charge in [-0.25, -0.2) is 0 Å². The summed E-state index contributed by atoms with van der Waals surface area (Å²) in [6.45, 7) is 1.15. The second-order valence-corrected chi connectivity index (χ2v) is 9.25. The van der Waals surface area contributed by atoms with Crippen LogP contribution in [0.15, 0.2) is 36.4 Å². The van der Waals surface area contributed by atoms with Crippen LogP contribution in [0, 0.1) is 11.8 Å². The fraction of sp³-hybridized carbons (Fsp3) is 0.364. The zero-order valence-electron chi connectivity index (χ0n) is 16.2. The number of nitrogens with one attached hydrogen (secondary N) is 2. The molecule has 0 aliphatic heterocycles. The summed E-state index contributed by atoms with van der Waals surface area (Å²) >= 11 is 24.0. The summed E-state index contributed by atoms with van der Waals surface area (Å²) in [6.07, 6.45) is 4.08. The fourth-order valence-corrected chi connectivity index (χ4v) is 4.77. The Hall–Kier alpha value is -1.46. The molecule has 8 heteroatoms. The summed E-state index contributed by atoms with van der Waals surface area (Å²) in [6, 6.07) is 9.67. The van der Waals surface area contributed by atoms with Gasteiger partial charge in [0.15, 0.2) is 0 Å². The van der Waals surface area contributed by atoms with Crippen LogP contribution in [0.2, 0.25) is 20.1 Å². The second-order valence-electron chi connectivity index (χ2n) is 7.57. The monoisotopic (exact) mass is 486 g/mol. The fourth-order valence-electron chi connectivity index (χ4n) is 3.78. The highest BCUT2D eigenvalue weighted by Gasteiger charge is 2.24. The summed E-state index contributed by atoms with van der Waals surface area (Å²) in [5, 5.41) is 7.60. The topological polar surface area (TPSA) is 58.2 Å². The van der Waals surface area contributed by atoms with Crippen LogP contribution in [0.3, 0.4) is 0 Å². The third-order valence-corrected chi connectivity index (χ3v) is 6.44. The molecule has 2 atom stereocenters. The van der Waals surface area contributed by atoms with Gasteiger partial charge < -0.3 is 10.6 Å². The van der Waals surface area contributed by atoms with Gasteiger partial charge in [-0.15, -0.1) is 0 Å². The van der Waals surface area contributed by atoms with E-state index in [0.29, 0.717) is 56.1 Å². The summed E-state index contributed by atoms with van der Waals surface area (Å²) in [4.78, 5) is 24.8. The minimum atomic E-state index is -0.204. The number of hydrogen-bond acceptors (Lipinski definition) is 2. The van der Waals surface area contributed by atoms with Gasteiger partial charge in [-0.2, -0.15) is 0 Å². The summed E-state index contributed by atoms with van der Waals surface area (Å²) in [7, 11) is 0. The molecule has 1 fully saturated rings. The highest BCUT2D eigenvalue weighted by molar-refractivity contribution is 6.37. The largest absolute Gasteiger partial charge is 0.352 e. The van der Waals surface area contributed by atoms with Crippen LogP contribution in [0.4, 0.5) is 0 Å². The highest BCUT2D eigenvalue weighted by atomic mass is 35.5. The van der Waals surface area contributed by atoms with Crippen LogP contribution in [-0.4, -0.2) is 24.9 Å². The van der Waals surface area contributed by atoms with E-state index in [1.165, 1.54) is 0 Å². The van der Waals surface area contributed by atoms with Gasteiger partial charge in [-0.1, -0.05) is 52.8 Å². The molecule has 0 saturated heterocycles. The van der Waals surface area contributed by atoms with Crippen LogP contribution in [-0.2, 0) is 0 Å². The third kappa shape index (κ3) is 6.27. The first kappa shape index (κ1) is 23.2. The lowest BCUT2D eigenvalue weighted by Crippen LogP contribution is -2.35. The Morgan fingerprint density at radius 3 is 1.60 bits per heavy atom. The first-order valence-electron chi connectivity index (χ1n) is 9.80. The molecule has 2 N–H and O–H groups in total. The molecule has 0 spiro atoms. The Balaban J connectivity index is 1.48. The van der Waals surface area contributed by atoms with E-state index >= 15 is 0 Å². The van der Waals surface area contributed by atoms with Gasteiger partial charge in [0.2, 0.25) is 0 Å². The maximum Gasteiger partial charge on any atom is 0.252 e. The average Bonchev–Trinajstić information content (AvgIpc) is 2.70. The lowest BCUT2D eigenvalue weighted by Gasteiger charge is -2.29. The molecule has 1 saturated carbocycles. The average molecular weight is 488 g/mol. The van der Waals surface area contributed by atoms with Crippen molar-refractivity contribution in [2.45, 2.75) is 25.7 Å². The van der Waals surface area contributed by atoms with Crippen molar-refractivity contribution in [2.24, 2.45) is 11.8 Å². The molecule has 2 aromatic carbocycles. The molecule has 2 amide bonds. The van der Waals surface area contributed by atoms with E-state index in [2.05, 4.69) is 10.6 Å². The van der Waals surface area contributed by atoms with Crippen molar-refractivity contribution >= 4 is 58.2 Å². The van der Waals surface area contributed by atoms with Gasteiger partial charge in [0.1, 0.15) is 0 Å². The van der Waals surface area contributed by atoms with Gasteiger partial charge in [-0.3, -0.25) is 9.59 Å². The van der Waals surface area contributed by atoms with Crippen molar-refractivity contribution in [1.82, 2.24) is 10.6 Å². The maximum atomic E-state index is 12.4. The van der Waals surface area contributed by atoms with Gasteiger partial charge >= 0.3 is 0 Å². The molecule has 4 nitrogen and oxygen atoms in total. The number of carbonyl (C=O) groups is 2. The smallest absolute Gasteiger partial charge is 0.252 e. The lowest BCUT2D eigenvalue weighted by molar-refractivity contribution is 0.0935. The number of carbonyl (C=O) groups excluding carboxylic acids is 2. The van der Waals surface area contributed by atoms with Crippen molar-refractivity contribution < 1.29 is 9.59 Å². The van der Waals surface area contributed by atoms with Gasteiger partial charge in [0, 0.05) is 23.1 Å². The normalized spacial score (nSPS) is 18.7. The molecule has 1 aliphatic carbocycles. The molecule has 3 rings (SSSR count). The van der Waals surface area contributed by atoms with Crippen molar-refractivity contribution in [3.63, 3.8) is 0 Å². The van der Waals surface area contributed by atoms with Crippen molar-refractivity contribution in [2.75, 3.05) is 13.1 Å². The van der Waals surface area contributed by atoms with Gasteiger partial charge in [-0.05, 0) is 67.5 Å². The Kier molecular flexibility index (Phi) is 8.29. The molecule has 2 unspecified atom stereocenters. The third-order valence-electron chi connectivity index (χ3n) is 5.35. The minimum absolute atomic E-state index is 0.204. The predicted molar refractivity (Wildman–Crippen MR) is 123 cm³/mol. The first-order valence-corrected chi connectivity index (χ1v) is 11.3. The van der Waals surface area contributed by atoms with Crippen molar-refractivity contribution in [1.29, 1.82) is 0 Å². The van der Waals surface area contributed by atoms with E-state index in [-0.39, 0.29) is 11.8 Å². The number of amides is 2. The molecule has 0 heterocycles. The van der Waals surface area contributed by atoms with E-state index in [9.17, 15) is 9.59 Å². The Morgan fingerprint density at radius 2 is 1.20 bits per heavy atom. The van der Waals surface area contributed by atoms with Crippen LogP contribution in [0.5, 0.6) is 0 Å².